The molecule has 0 aromatic heterocycles. The lowest BCUT2D eigenvalue weighted by Crippen LogP contribution is -2.15. The smallest absolute Gasteiger partial charge is 0.0784 e. The zero-order valence-corrected chi connectivity index (χ0v) is 9.93. The van der Waals surface area contributed by atoms with Gasteiger partial charge in [0, 0.05) is 0 Å². The van der Waals surface area contributed by atoms with Crippen molar-refractivity contribution in [2.24, 2.45) is 5.90 Å². The number of hydrogen-bond donors (Lipinski definition) is 1. The first-order valence-electron chi connectivity index (χ1n) is 6.20. The zero-order chi connectivity index (χ0) is 10.6. The molecule has 0 saturated carbocycles. The van der Waals surface area contributed by atoms with Crippen molar-refractivity contribution in [2.75, 3.05) is 0 Å². The number of hydrogen-bond acceptors (Lipinski definition) is 2. The monoisotopic (exact) mass is 201 g/mol. The highest BCUT2D eigenvalue weighted by Crippen LogP contribution is 2.11. The van der Waals surface area contributed by atoms with Gasteiger partial charge in [0.15, 0.2) is 0 Å². The number of unbranched alkanes of at least 4 members (excludes halogenated alkanes) is 6. The van der Waals surface area contributed by atoms with Crippen LogP contribution < -0.4 is 5.90 Å². The first-order chi connectivity index (χ1) is 6.85. The van der Waals surface area contributed by atoms with E-state index in [1.54, 1.807) is 0 Å². The van der Waals surface area contributed by atoms with Gasteiger partial charge < -0.3 is 4.84 Å². The van der Waals surface area contributed by atoms with Crippen LogP contribution in [0.25, 0.3) is 0 Å². The topological polar surface area (TPSA) is 35.2 Å². The minimum absolute atomic E-state index is 0.283. The Kier molecular flexibility index (Phi) is 10.9. The second-order valence-electron chi connectivity index (χ2n) is 4.08. The quantitative estimate of drug-likeness (QED) is 0.431. The van der Waals surface area contributed by atoms with E-state index in [0.29, 0.717) is 0 Å². The maximum absolute atomic E-state index is 5.16. The third kappa shape index (κ3) is 8.52. The van der Waals surface area contributed by atoms with Crippen LogP contribution in [0.15, 0.2) is 0 Å². The minimum atomic E-state index is 0.283. The van der Waals surface area contributed by atoms with E-state index in [0.717, 1.165) is 12.8 Å². The highest BCUT2D eigenvalue weighted by atomic mass is 16.6. The first kappa shape index (κ1) is 13.9. The minimum Gasteiger partial charge on any atom is -0.301 e. The fourth-order valence-electron chi connectivity index (χ4n) is 1.70. The van der Waals surface area contributed by atoms with Crippen molar-refractivity contribution < 1.29 is 4.84 Å². The Balaban J connectivity index is 3.04. The Labute approximate surface area is 89.2 Å². The largest absolute Gasteiger partial charge is 0.301 e. The summed E-state index contributed by atoms with van der Waals surface area (Å²) in [7, 11) is 0. The van der Waals surface area contributed by atoms with E-state index in [2.05, 4.69) is 13.8 Å². The summed E-state index contributed by atoms with van der Waals surface area (Å²) < 4.78 is 0. The van der Waals surface area contributed by atoms with Crippen LogP contribution in [-0.2, 0) is 4.84 Å². The fourth-order valence-corrected chi connectivity index (χ4v) is 1.70. The van der Waals surface area contributed by atoms with Gasteiger partial charge in [-0.15, -0.1) is 0 Å². The highest BCUT2D eigenvalue weighted by Gasteiger charge is 2.03. The second kappa shape index (κ2) is 11.0. The second-order valence-corrected chi connectivity index (χ2v) is 4.08. The average molecular weight is 201 g/mol. The normalized spacial score (nSPS) is 13.1. The first-order valence-corrected chi connectivity index (χ1v) is 6.20. The molecule has 14 heavy (non-hydrogen) atoms. The van der Waals surface area contributed by atoms with Gasteiger partial charge in [0.05, 0.1) is 6.10 Å². The molecule has 2 heteroatoms. The molecule has 0 bridgehead atoms. The molecule has 0 amide bonds. The van der Waals surface area contributed by atoms with Crippen LogP contribution in [-0.4, -0.2) is 6.10 Å². The summed E-state index contributed by atoms with van der Waals surface area (Å²) in [6, 6.07) is 0. The number of nitrogens with two attached hydrogens (primary N) is 1. The molecule has 0 aliphatic heterocycles. The number of rotatable bonds is 10. The van der Waals surface area contributed by atoms with Crippen LogP contribution in [0.5, 0.6) is 0 Å². The molecule has 2 nitrogen and oxygen atoms in total. The van der Waals surface area contributed by atoms with Gasteiger partial charge in [0.25, 0.3) is 0 Å². The molecule has 0 saturated heterocycles. The summed E-state index contributed by atoms with van der Waals surface area (Å²) in [6.07, 6.45) is 11.9. The van der Waals surface area contributed by atoms with E-state index in [1.165, 1.54) is 44.9 Å². The van der Waals surface area contributed by atoms with E-state index in [-0.39, 0.29) is 6.10 Å². The lowest BCUT2D eigenvalue weighted by molar-refractivity contribution is 0.0430. The molecular formula is C12H27NO. The molecule has 0 heterocycles. The van der Waals surface area contributed by atoms with Gasteiger partial charge in [0.1, 0.15) is 0 Å². The summed E-state index contributed by atoms with van der Waals surface area (Å²) in [4.78, 5) is 4.84. The van der Waals surface area contributed by atoms with Gasteiger partial charge >= 0.3 is 0 Å². The van der Waals surface area contributed by atoms with Gasteiger partial charge in [-0.25, -0.2) is 5.90 Å². The van der Waals surface area contributed by atoms with Gasteiger partial charge in [-0.1, -0.05) is 58.8 Å². The molecule has 0 fully saturated rings. The van der Waals surface area contributed by atoms with Crippen LogP contribution in [0.2, 0.25) is 0 Å². The standard InChI is InChI=1S/C12H27NO/c1-3-5-6-7-8-9-10-11-12(4-2)14-13/h12H,3-11,13H2,1-2H3. The van der Waals surface area contributed by atoms with Gasteiger partial charge in [0.2, 0.25) is 0 Å². The lowest BCUT2D eigenvalue weighted by atomic mass is 10.1. The van der Waals surface area contributed by atoms with E-state index < -0.39 is 0 Å². The Morgan fingerprint density at radius 3 is 2.00 bits per heavy atom. The summed E-state index contributed by atoms with van der Waals surface area (Å²) >= 11 is 0. The van der Waals surface area contributed by atoms with Crippen molar-refractivity contribution in [3.8, 4) is 0 Å². The highest BCUT2D eigenvalue weighted by molar-refractivity contribution is 4.54. The molecule has 1 atom stereocenters. The predicted octanol–water partition coefficient (Wildman–Crippen LogP) is 3.80. The fraction of sp³-hybridized carbons (Fsp3) is 1.00. The van der Waals surface area contributed by atoms with Crippen LogP contribution >= 0.6 is 0 Å². The van der Waals surface area contributed by atoms with E-state index in [1.807, 2.05) is 0 Å². The average Bonchev–Trinajstić information content (AvgIpc) is 2.22. The molecule has 0 aromatic carbocycles. The van der Waals surface area contributed by atoms with E-state index in [9.17, 15) is 0 Å². The van der Waals surface area contributed by atoms with Crippen LogP contribution in [0.3, 0.4) is 0 Å². The summed E-state index contributed by atoms with van der Waals surface area (Å²) in [5.41, 5.74) is 0. The molecule has 86 valence electrons. The van der Waals surface area contributed by atoms with Crippen LogP contribution in [0, 0.1) is 0 Å². The zero-order valence-electron chi connectivity index (χ0n) is 9.93. The molecule has 2 N–H and O–H groups in total. The Morgan fingerprint density at radius 2 is 1.50 bits per heavy atom. The summed E-state index contributed by atoms with van der Waals surface area (Å²) in [5, 5.41) is 0. The summed E-state index contributed by atoms with van der Waals surface area (Å²) in [6.45, 7) is 4.38. The SMILES string of the molecule is CCCCCCCCCC(CC)ON. The molecule has 0 aliphatic carbocycles. The van der Waals surface area contributed by atoms with Gasteiger partial charge in [-0.2, -0.15) is 0 Å². The molecule has 0 rings (SSSR count). The van der Waals surface area contributed by atoms with Crippen molar-refractivity contribution >= 4 is 0 Å². The summed E-state index contributed by atoms with van der Waals surface area (Å²) in [5.74, 6) is 5.16. The molecule has 0 radical (unpaired) electrons. The van der Waals surface area contributed by atoms with Crippen LogP contribution in [0.1, 0.15) is 71.6 Å². The Morgan fingerprint density at radius 1 is 0.929 bits per heavy atom. The predicted molar refractivity (Wildman–Crippen MR) is 62.0 cm³/mol. The van der Waals surface area contributed by atoms with Gasteiger partial charge in [-0.05, 0) is 12.8 Å². The third-order valence-corrected chi connectivity index (χ3v) is 2.78. The molecule has 0 aliphatic rings. The van der Waals surface area contributed by atoms with E-state index in [4.69, 9.17) is 10.7 Å². The lowest BCUT2D eigenvalue weighted by Gasteiger charge is -2.11. The maximum atomic E-state index is 5.16. The van der Waals surface area contributed by atoms with Crippen molar-refractivity contribution in [1.82, 2.24) is 0 Å². The van der Waals surface area contributed by atoms with Crippen molar-refractivity contribution in [1.29, 1.82) is 0 Å². The Bertz CT molecular complexity index is 102. The molecule has 0 spiro atoms. The third-order valence-electron chi connectivity index (χ3n) is 2.78. The van der Waals surface area contributed by atoms with E-state index >= 15 is 0 Å². The molecular weight excluding hydrogens is 174 g/mol. The maximum Gasteiger partial charge on any atom is 0.0784 e. The van der Waals surface area contributed by atoms with Crippen molar-refractivity contribution in [2.45, 2.75) is 77.7 Å². The molecule has 0 aromatic rings. The van der Waals surface area contributed by atoms with Crippen molar-refractivity contribution in [3.63, 3.8) is 0 Å². The Hall–Kier alpha value is -0.0800. The van der Waals surface area contributed by atoms with Crippen LogP contribution in [0.4, 0.5) is 0 Å². The van der Waals surface area contributed by atoms with Crippen molar-refractivity contribution in [3.05, 3.63) is 0 Å². The van der Waals surface area contributed by atoms with Gasteiger partial charge in [-0.3, -0.25) is 0 Å². The molecule has 1 unspecified atom stereocenters.